The molecule has 0 atom stereocenters. The molecule has 11 heavy (non-hydrogen) atoms. The SMILES string of the molecule is Sc1nc(-c2cccs2)ns1. The first-order valence-electron chi connectivity index (χ1n) is 2.93. The summed E-state index contributed by atoms with van der Waals surface area (Å²) in [5.74, 6) is 0.787. The number of aromatic nitrogens is 2. The molecule has 0 aliphatic carbocycles. The summed E-state index contributed by atoms with van der Waals surface area (Å²) in [6, 6.07) is 3.99. The molecule has 0 fully saturated rings. The normalized spacial score (nSPS) is 10.3. The van der Waals surface area contributed by atoms with Crippen molar-refractivity contribution in [2.75, 3.05) is 0 Å². The summed E-state index contributed by atoms with van der Waals surface area (Å²) in [6.07, 6.45) is 0. The number of rotatable bonds is 1. The van der Waals surface area contributed by atoms with Crippen molar-refractivity contribution < 1.29 is 0 Å². The summed E-state index contributed by atoms with van der Waals surface area (Å²) in [7, 11) is 0. The van der Waals surface area contributed by atoms with Crippen molar-refractivity contribution in [2.45, 2.75) is 4.34 Å². The van der Waals surface area contributed by atoms with Gasteiger partial charge in [-0.3, -0.25) is 0 Å². The molecule has 56 valence electrons. The first kappa shape index (κ1) is 7.27. The van der Waals surface area contributed by atoms with Gasteiger partial charge in [-0.1, -0.05) is 6.07 Å². The molecule has 0 radical (unpaired) electrons. The van der Waals surface area contributed by atoms with E-state index < -0.39 is 0 Å². The maximum Gasteiger partial charge on any atom is 0.184 e. The summed E-state index contributed by atoms with van der Waals surface area (Å²) in [4.78, 5) is 5.23. The van der Waals surface area contributed by atoms with Crippen LogP contribution in [-0.4, -0.2) is 9.36 Å². The number of thiophene rings is 1. The van der Waals surface area contributed by atoms with Gasteiger partial charge in [0.05, 0.1) is 4.88 Å². The summed E-state index contributed by atoms with van der Waals surface area (Å²) in [5, 5.41) is 2.01. The molecule has 0 N–H and O–H groups in total. The fraction of sp³-hybridized carbons (Fsp3) is 0. The van der Waals surface area contributed by atoms with Gasteiger partial charge in [0.2, 0.25) is 0 Å². The Labute approximate surface area is 77.5 Å². The van der Waals surface area contributed by atoms with E-state index in [0.29, 0.717) is 4.34 Å². The van der Waals surface area contributed by atoms with E-state index in [1.807, 2.05) is 17.5 Å². The van der Waals surface area contributed by atoms with Crippen LogP contribution in [0.15, 0.2) is 21.9 Å². The maximum atomic E-state index is 4.14. The molecule has 0 aliphatic heterocycles. The number of nitrogens with zero attached hydrogens (tertiary/aromatic N) is 2. The van der Waals surface area contributed by atoms with Gasteiger partial charge in [0.25, 0.3) is 0 Å². The van der Waals surface area contributed by atoms with Gasteiger partial charge in [-0.25, -0.2) is 4.98 Å². The number of thiol groups is 1. The highest BCUT2D eigenvalue weighted by Gasteiger charge is 2.03. The van der Waals surface area contributed by atoms with Crippen molar-refractivity contribution in [1.29, 1.82) is 0 Å². The Morgan fingerprint density at radius 1 is 1.45 bits per heavy atom. The summed E-state index contributed by atoms with van der Waals surface area (Å²) in [6.45, 7) is 0. The standard InChI is InChI=1S/C6H4N2S3/c9-6-7-5(8-11-6)4-2-1-3-10-4/h1-3H,(H,7,8,9). The highest BCUT2D eigenvalue weighted by atomic mass is 32.2. The van der Waals surface area contributed by atoms with Gasteiger partial charge in [0, 0.05) is 0 Å². The van der Waals surface area contributed by atoms with Gasteiger partial charge in [0.15, 0.2) is 10.2 Å². The van der Waals surface area contributed by atoms with Gasteiger partial charge in [-0.05, 0) is 23.0 Å². The van der Waals surface area contributed by atoms with Crippen molar-refractivity contribution in [3.05, 3.63) is 17.5 Å². The molecule has 0 spiro atoms. The van der Waals surface area contributed by atoms with E-state index in [1.54, 1.807) is 11.3 Å². The lowest BCUT2D eigenvalue weighted by atomic mass is 10.5. The molecule has 2 aromatic rings. The van der Waals surface area contributed by atoms with Crippen LogP contribution < -0.4 is 0 Å². The van der Waals surface area contributed by atoms with Crippen molar-refractivity contribution in [2.24, 2.45) is 0 Å². The molecule has 0 unspecified atom stereocenters. The molecule has 0 aliphatic rings. The predicted molar refractivity (Wildman–Crippen MR) is 50.5 cm³/mol. The largest absolute Gasteiger partial charge is 0.208 e. The molecule has 5 heteroatoms. The summed E-state index contributed by atoms with van der Waals surface area (Å²) in [5.41, 5.74) is 0. The molecule has 0 saturated heterocycles. The Balaban J connectivity index is 2.45. The first-order valence-corrected chi connectivity index (χ1v) is 5.03. The molecule has 2 nitrogen and oxygen atoms in total. The van der Waals surface area contributed by atoms with E-state index in [4.69, 9.17) is 0 Å². The van der Waals surface area contributed by atoms with Crippen LogP contribution in [0, 0.1) is 0 Å². The minimum Gasteiger partial charge on any atom is -0.208 e. The Kier molecular flexibility index (Phi) is 1.93. The van der Waals surface area contributed by atoms with Crippen LogP contribution in [0.5, 0.6) is 0 Å². The Morgan fingerprint density at radius 2 is 2.36 bits per heavy atom. The van der Waals surface area contributed by atoms with Crippen LogP contribution in [0.1, 0.15) is 0 Å². The summed E-state index contributed by atoms with van der Waals surface area (Å²) >= 11 is 7.04. The van der Waals surface area contributed by atoms with Gasteiger partial charge < -0.3 is 0 Å². The number of hydrogen-bond acceptors (Lipinski definition) is 5. The average molecular weight is 200 g/mol. The lowest BCUT2D eigenvalue weighted by Crippen LogP contribution is -1.72. The molecule has 2 aromatic heterocycles. The molecule has 0 bridgehead atoms. The lowest BCUT2D eigenvalue weighted by molar-refractivity contribution is 1.24. The third kappa shape index (κ3) is 1.45. The van der Waals surface area contributed by atoms with E-state index in [9.17, 15) is 0 Å². The minimum atomic E-state index is 0.716. The molecule has 2 rings (SSSR count). The van der Waals surface area contributed by atoms with E-state index in [-0.39, 0.29) is 0 Å². The smallest absolute Gasteiger partial charge is 0.184 e. The Bertz CT molecular complexity index is 338. The van der Waals surface area contributed by atoms with Crippen molar-refractivity contribution in [1.82, 2.24) is 9.36 Å². The van der Waals surface area contributed by atoms with Crippen molar-refractivity contribution in [3.8, 4) is 10.7 Å². The number of hydrogen-bond donors (Lipinski definition) is 1. The first-order chi connectivity index (χ1) is 5.36. The zero-order valence-corrected chi connectivity index (χ0v) is 7.92. The van der Waals surface area contributed by atoms with E-state index in [2.05, 4.69) is 22.0 Å². The van der Waals surface area contributed by atoms with Crippen LogP contribution in [0.4, 0.5) is 0 Å². The minimum absolute atomic E-state index is 0.716. The highest BCUT2D eigenvalue weighted by Crippen LogP contribution is 2.23. The van der Waals surface area contributed by atoms with E-state index in [0.717, 1.165) is 10.7 Å². The Morgan fingerprint density at radius 3 is 2.91 bits per heavy atom. The molecule has 2 heterocycles. The fourth-order valence-corrected chi connectivity index (χ4v) is 2.09. The third-order valence-electron chi connectivity index (χ3n) is 1.16. The summed E-state index contributed by atoms with van der Waals surface area (Å²) < 4.78 is 4.84. The van der Waals surface area contributed by atoms with Crippen LogP contribution >= 0.6 is 35.5 Å². The Hall–Kier alpha value is -0.390. The molecule has 0 amide bonds. The van der Waals surface area contributed by atoms with Crippen molar-refractivity contribution in [3.63, 3.8) is 0 Å². The second-order valence-electron chi connectivity index (χ2n) is 1.88. The monoisotopic (exact) mass is 200 g/mol. The van der Waals surface area contributed by atoms with E-state index in [1.165, 1.54) is 11.5 Å². The topological polar surface area (TPSA) is 25.8 Å². The maximum absolute atomic E-state index is 4.14. The fourth-order valence-electron chi connectivity index (χ4n) is 0.721. The second kappa shape index (κ2) is 2.92. The van der Waals surface area contributed by atoms with E-state index >= 15 is 0 Å². The van der Waals surface area contributed by atoms with Crippen LogP contribution in [-0.2, 0) is 0 Å². The quantitative estimate of drug-likeness (QED) is 0.716. The van der Waals surface area contributed by atoms with Gasteiger partial charge in [0.1, 0.15) is 0 Å². The average Bonchev–Trinajstić information content (AvgIpc) is 2.55. The predicted octanol–water partition coefficient (Wildman–Crippen LogP) is 2.56. The van der Waals surface area contributed by atoms with Crippen LogP contribution in [0.2, 0.25) is 0 Å². The molecular formula is C6H4N2S3. The third-order valence-corrected chi connectivity index (χ3v) is 2.89. The second-order valence-corrected chi connectivity index (χ2v) is 4.30. The van der Waals surface area contributed by atoms with Crippen LogP contribution in [0.25, 0.3) is 10.7 Å². The van der Waals surface area contributed by atoms with Crippen LogP contribution in [0.3, 0.4) is 0 Å². The lowest BCUT2D eigenvalue weighted by Gasteiger charge is -1.82. The zero-order valence-electron chi connectivity index (χ0n) is 5.39. The molecule has 0 saturated carbocycles. The molecular weight excluding hydrogens is 196 g/mol. The van der Waals surface area contributed by atoms with Gasteiger partial charge in [-0.2, -0.15) is 4.37 Å². The van der Waals surface area contributed by atoms with Gasteiger partial charge in [-0.15, -0.1) is 24.0 Å². The highest BCUT2D eigenvalue weighted by molar-refractivity contribution is 7.82. The molecule has 0 aromatic carbocycles. The van der Waals surface area contributed by atoms with Gasteiger partial charge >= 0.3 is 0 Å². The van der Waals surface area contributed by atoms with Crippen molar-refractivity contribution >= 4 is 35.5 Å². The zero-order chi connectivity index (χ0) is 7.68.